The lowest BCUT2D eigenvalue weighted by molar-refractivity contribution is -0.138. The summed E-state index contributed by atoms with van der Waals surface area (Å²) in [7, 11) is 0. The summed E-state index contributed by atoms with van der Waals surface area (Å²) in [6, 6.07) is 10.9. The van der Waals surface area contributed by atoms with Crippen LogP contribution in [0.1, 0.15) is 59.6 Å². The van der Waals surface area contributed by atoms with Crippen LogP contribution in [0.25, 0.3) is 0 Å². The molecule has 3 heterocycles. The number of aromatic nitrogens is 2. The maximum Gasteiger partial charge on any atom is 0.249 e. The second-order valence-electron chi connectivity index (χ2n) is 9.78. The number of hydrogen-bond donors (Lipinski definition) is 1. The van der Waals surface area contributed by atoms with Crippen molar-refractivity contribution in [2.24, 2.45) is 0 Å². The second kappa shape index (κ2) is 9.99. The van der Waals surface area contributed by atoms with Crippen LogP contribution < -0.4 is 5.32 Å². The minimum absolute atomic E-state index is 0.119. The third-order valence-corrected chi connectivity index (χ3v) is 6.93. The first-order valence-corrected chi connectivity index (χ1v) is 12.2. The van der Waals surface area contributed by atoms with E-state index >= 15 is 0 Å². The lowest BCUT2D eigenvalue weighted by Gasteiger charge is -2.35. The molecule has 0 spiro atoms. The van der Waals surface area contributed by atoms with Gasteiger partial charge in [-0.05, 0) is 30.0 Å². The summed E-state index contributed by atoms with van der Waals surface area (Å²) >= 11 is 0. The van der Waals surface area contributed by atoms with Gasteiger partial charge in [0.1, 0.15) is 24.9 Å². The highest BCUT2D eigenvalue weighted by Crippen LogP contribution is 2.48. The molecule has 2 amide bonds. The molecule has 10 heteroatoms. The number of carbonyl (C=O) groups is 2. The average Bonchev–Trinajstić information content (AvgIpc) is 3.46. The van der Waals surface area contributed by atoms with E-state index in [1.54, 1.807) is 25.3 Å². The number of rotatable bonds is 7. The van der Waals surface area contributed by atoms with E-state index in [4.69, 9.17) is 4.42 Å². The number of nitrogens with one attached hydrogen (secondary N) is 1. The van der Waals surface area contributed by atoms with Gasteiger partial charge in [0.2, 0.25) is 23.6 Å². The van der Waals surface area contributed by atoms with Crippen molar-refractivity contribution in [3.63, 3.8) is 0 Å². The molecule has 3 unspecified atom stereocenters. The number of alkyl halides is 3. The number of pyridine rings is 1. The van der Waals surface area contributed by atoms with Crippen molar-refractivity contribution in [1.82, 2.24) is 20.2 Å². The molecule has 1 saturated carbocycles. The molecule has 1 aliphatic heterocycles. The van der Waals surface area contributed by atoms with Gasteiger partial charge in [0.05, 0.1) is 24.0 Å². The Bertz CT molecular complexity index is 1260. The molecule has 2 fully saturated rings. The Morgan fingerprint density at radius 1 is 1.19 bits per heavy atom. The van der Waals surface area contributed by atoms with Gasteiger partial charge in [-0.3, -0.25) is 14.6 Å². The van der Waals surface area contributed by atoms with E-state index in [9.17, 15) is 22.8 Å². The number of nitrogens with zero attached hydrogens (tertiary/aromatic N) is 3. The lowest BCUT2D eigenvalue weighted by Crippen LogP contribution is -2.47. The molecular formula is C27H27F3N4O3. The number of oxazole rings is 1. The van der Waals surface area contributed by atoms with E-state index < -0.39 is 36.0 Å². The van der Waals surface area contributed by atoms with E-state index in [0.29, 0.717) is 11.4 Å². The molecule has 194 valence electrons. The van der Waals surface area contributed by atoms with Crippen molar-refractivity contribution >= 4 is 11.8 Å². The van der Waals surface area contributed by atoms with Crippen LogP contribution >= 0.6 is 0 Å². The van der Waals surface area contributed by atoms with Crippen LogP contribution in [0.4, 0.5) is 13.2 Å². The molecule has 1 aromatic carbocycles. The van der Waals surface area contributed by atoms with Gasteiger partial charge >= 0.3 is 0 Å². The zero-order valence-electron chi connectivity index (χ0n) is 20.2. The van der Waals surface area contributed by atoms with Gasteiger partial charge in [0, 0.05) is 25.5 Å². The fraction of sp³-hybridized carbons (Fsp3) is 0.407. The fourth-order valence-electron chi connectivity index (χ4n) is 4.96. The van der Waals surface area contributed by atoms with Crippen molar-refractivity contribution in [2.75, 3.05) is 6.54 Å². The molecule has 7 nitrogen and oxygen atoms in total. The van der Waals surface area contributed by atoms with Crippen LogP contribution in [0.15, 0.2) is 59.3 Å². The van der Waals surface area contributed by atoms with Gasteiger partial charge < -0.3 is 14.6 Å². The topological polar surface area (TPSA) is 88.3 Å². The van der Waals surface area contributed by atoms with Gasteiger partial charge in [-0.2, -0.15) is 0 Å². The number of carbonyl (C=O) groups excluding carboxylic acids is 2. The number of aryl methyl sites for hydroxylation is 1. The molecule has 2 aliphatic rings. The number of likely N-dealkylation sites (tertiary alicyclic amines) is 1. The lowest BCUT2D eigenvalue weighted by atomic mass is 9.77. The molecule has 3 aromatic rings. The first kappa shape index (κ1) is 25.0. The predicted octanol–water partition coefficient (Wildman–Crippen LogP) is 4.28. The van der Waals surface area contributed by atoms with Crippen molar-refractivity contribution in [3.8, 4) is 0 Å². The minimum atomic E-state index is -2.63. The Morgan fingerprint density at radius 3 is 2.57 bits per heavy atom. The summed E-state index contributed by atoms with van der Waals surface area (Å²) in [5.41, 5.74) is 2.60. The summed E-state index contributed by atoms with van der Waals surface area (Å²) in [4.78, 5) is 36.1. The first-order chi connectivity index (χ1) is 17.7. The third-order valence-electron chi connectivity index (χ3n) is 6.93. The van der Waals surface area contributed by atoms with Crippen LogP contribution in [0.3, 0.4) is 0 Å². The molecule has 37 heavy (non-hydrogen) atoms. The van der Waals surface area contributed by atoms with Gasteiger partial charge in [-0.25, -0.2) is 18.2 Å². The molecular weight excluding hydrogens is 485 g/mol. The number of halogens is 3. The van der Waals surface area contributed by atoms with Crippen LogP contribution in [0.5, 0.6) is 0 Å². The predicted molar refractivity (Wildman–Crippen MR) is 128 cm³/mol. The van der Waals surface area contributed by atoms with Gasteiger partial charge in [0.15, 0.2) is 0 Å². The number of hydrogen-bond acceptors (Lipinski definition) is 5. The van der Waals surface area contributed by atoms with Crippen LogP contribution in [-0.4, -0.2) is 51.4 Å². The van der Waals surface area contributed by atoms with E-state index in [2.05, 4.69) is 15.3 Å². The van der Waals surface area contributed by atoms with Crippen molar-refractivity contribution < 1.29 is 27.2 Å². The average molecular weight is 513 g/mol. The van der Waals surface area contributed by atoms with Crippen LogP contribution in [-0.2, 0) is 16.0 Å². The summed E-state index contributed by atoms with van der Waals surface area (Å²) in [6.45, 7) is 1.54. The second-order valence-corrected chi connectivity index (χ2v) is 9.78. The molecule has 0 radical (unpaired) electrons. The Labute approximate surface area is 212 Å². The van der Waals surface area contributed by atoms with Gasteiger partial charge in [-0.15, -0.1) is 0 Å². The third kappa shape index (κ3) is 5.52. The summed E-state index contributed by atoms with van der Waals surface area (Å²) < 4.78 is 46.3. The first-order valence-electron chi connectivity index (χ1n) is 12.2. The van der Waals surface area contributed by atoms with Gasteiger partial charge in [0.25, 0.3) is 0 Å². The zero-order chi connectivity index (χ0) is 26.2. The minimum Gasteiger partial charge on any atom is -0.448 e. The van der Waals surface area contributed by atoms with Crippen LogP contribution in [0.2, 0.25) is 0 Å². The Balaban J connectivity index is 1.34. The quantitative estimate of drug-likeness (QED) is 0.511. The monoisotopic (exact) mass is 512 g/mol. The molecule has 0 bridgehead atoms. The largest absolute Gasteiger partial charge is 0.448 e. The Morgan fingerprint density at radius 2 is 1.95 bits per heavy atom. The summed E-state index contributed by atoms with van der Waals surface area (Å²) in [5.74, 6) is -3.62. The maximum atomic E-state index is 14.4. The molecule has 5 rings (SSSR count). The van der Waals surface area contributed by atoms with E-state index in [-0.39, 0.29) is 44.0 Å². The van der Waals surface area contributed by atoms with E-state index in [1.165, 1.54) is 11.2 Å². The zero-order valence-corrected chi connectivity index (χ0v) is 20.2. The highest BCUT2D eigenvalue weighted by Gasteiger charge is 2.46. The SMILES string of the molecule is Cc1coc(CC(=O)N2CC(F)CC2C(=O)NC(c2ccccc2)c2ccc(C3CC(F)(F)C3)cn2)n1. The normalized spacial score (nSPS) is 21.9. The number of amides is 2. The molecule has 1 aliphatic carbocycles. The Kier molecular flexibility index (Phi) is 6.74. The smallest absolute Gasteiger partial charge is 0.249 e. The fourth-order valence-corrected chi connectivity index (χ4v) is 4.96. The van der Waals surface area contributed by atoms with Crippen molar-refractivity contribution in [3.05, 3.63) is 83.3 Å². The van der Waals surface area contributed by atoms with E-state index in [0.717, 1.165) is 11.1 Å². The highest BCUT2D eigenvalue weighted by atomic mass is 19.3. The molecule has 2 aromatic heterocycles. The molecule has 3 atom stereocenters. The highest BCUT2D eigenvalue weighted by molar-refractivity contribution is 5.89. The standard InChI is InChI=1S/C27H27F3N4O3/c1-16-15-37-23(32-16)10-24(35)34-14-20(28)9-22(34)26(36)33-25(17-5-3-2-4-6-17)21-8-7-18(13-31-21)19-11-27(29,30)12-19/h2-8,13,15,19-20,22,25H,9-12,14H2,1H3,(H,33,36). The van der Waals surface area contributed by atoms with Gasteiger partial charge in [-0.1, -0.05) is 36.4 Å². The van der Waals surface area contributed by atoms with Crippen LogP contribution in [0, 0.1) is 6.92 Å². The van der Waals surface area contributed by atoms with Crippen molar-refractivity contribution in [1.29, 1.82) is 0 Å². The maximum absolute atomic E-state index is 14.4. The van der Waals surface area contributed by atoms with E-state index in [1.807, 2.05) is 30.3 Å². The van der Waals surface area contributed by atoms with Crippen molar-refractivity contribution in [2.45, 2.75) is 62.7 Å². The molecule has 1 N–H and O–H groups in total. The Hall–Kier alpha value is -3.69. The molecule has 1 saturated heterocycles. The summed E-state index contributed by atoms with van der Waals surface area (Å²) in [5, 5.41) is 2.93. The summed E-state index contributed by atoms with van der Waals surface area (Å²) in [6.07, 6.45) is 0.972. The number of benzene rings is 1.